The Hall–Kier alpha value is -2.43. The second kappa shape index (κ2) is 5.52. The van der Waals surface area contributed by atoms with Crippen molar-refractivity contribution in [3.63, 3.8) is 0 Å². The van der Waals surface area contributed by atoms with Crippen molar-refractivity contribution in [2.75, 3.05) is 11.4 Å². The smallest absolute Gasteiger partial charge is 0.263 e. The molecule has 1 aliphatic heterocycles. The van der Waals surface area contributed by atoms with Crippen LogP contribution in [0, 0.1) is 0 Å². The Labute approximate surface area is 121 Å². The van der Waals surface area contributed by atoms with Crippen LogP contribution >= 0.6 is 0 Å². The molecule has 0 saturated heterocycles. The number of nitrogens with zero attached hydrogens (tertiary/aromatic N) is 2. The van der Waals surface area contributed by atoms with Crippen molar-refractivity contribution in [2.24, 2.45) is 10.7 Å². The number of halogens is 2. The van der Waals surface area contributed by atoms with Gasteiger partial charge in [0.15, 0.2) is 5.96 Å². The van der Waals surface area contributed by atoms with Crippen LogP contribution in [0.3, 0.4) is 0 Å². The van der Waals surface area contributed by atoms with Crippen LogP contribution in [-0.4, -0.2) is 12.5 Å². The maximum atomic E-state index is 12.6. The topological polar surface area (TPSA) is 41.6 Å². The van der Waals surface area contributed by atoms with Gasteiger partial charge in [0.25, 0.3) is 6.43 Å². The van der Waals surface area contributed by atoms with Crippen LogP contribution in [0.4, 0.5) is 14.5 Å². The summed E-state index contributed by atoms with van der Waals surface area (Å²) in [7, 11) is 0. The molecule has 0 fully saturated rings. The number of guanidine groups is 1. The van der Waals surface area contributed by atoms with Crippen molar-refractivity contribution < 1.29 is 8.78 Å². The summed E-state index contributed by atoms with van der Waals surface area (Å²) in [5.41, 5.74) is 7.86. The Balaban J connectivity index is 1.91. The summed E-state index contributed by atoms with van der Waals surface area (Å²) in [6.07, 6.45) is -2.45. The molecule has 3 nitrogen and oxygen atoms in total. The number of alkyl halides is 2. The summed E-state index contributed by atoms with van der Waals surface area (Å²) in [4.78, 5) is 6.21. The lowest BCUT2D eigenvalue weighted by atomic mass is 10.0. The van der Waals surface area contributed by atoms with Gasteiger partial charge in [-0.1, -0.05) is 42.5 Å². The zero-order chi connectivity index (χ0) is 14.8. The molecule has 2 aromatic carbocycles. The molecule has 0 amide bonds. The second-order valence-electron chi connectivity index (χ2n) is 4.89. The SMILES string of the molecule is NC1=NCC(c2ccc(C(F)F)cc2)N1c1ccccc1. The highest BCUT2D eigenvalue weighted by Crippen LogP contribution is 2.31. The number of hydrogen-bond donors (Lipinski definition) is 1. The zero-order valence-electron chi connectivity index (χ0n) is 11.3. The fraction of sp³-hybridized carbons (Fsp3) is 0.188. The number of hydrogen-bond acceptors (Lipinski definition) is 3. The van der Waals surface area contributed by atoms with E-state index < -0.39 is 6.43 Å². The van der Waals surface area contributed by atoms with E-state index in [9.17, 15) is 8.78 Å². The number of aliphatic imine (C=N–C) groups is 1. The Bertz CT molecular complexity index is 638. The van der Waals surface area contributed by atoms with Gasteiger partial charge < -0.3 is 10.6 Å². The van der Waals surface area contributed by atoms with Gasteiger partial charge in [-0.3, -0.25) is 4.99 Å². The summed E-state index contributed by atoms with van der Waals surface area (Å²) in [6.45, 7) is 0.523. The average Bonchev–Trinajstić information content (AvgIpc) is 2.90. The molecule has 5 heteroatoms. The number of rotatable bonds is 3. The third-order valence-electron chi connectivity index (χ3n) is 3.59. The summed E-state index contributed by atoms with van der Waals surface area (Å²) in [6, 6.07) is 16.0. The molecule has 1 unspecified atom stereocenters. The first-order chi connectivity index (χ1) is 10.2. The lowest BCUT2D eigenvalue weighted by Gasteiger charge is -2.26. The van der Waals surface area contributed by atoms with Crippen molar-refractivity contribution in [1.29, 1.82) is 0 Å². The Morgan fingerprint density at radius 1 is 1.05 bits per heavy atom. The number of anilines is 1. The van der Waals surface area contributed by atoms with Crippen LogP contribution in [0.1, 0.15) is 23.6 Å². The Morgan fingerprint density at radius 3 is 2.33 bits per heavy atom. The monoisotopic (exact) mass is 287 g/mol. The van der Waals surface area contributed by atoms with E-state index in [1.807, 2.05) is 35.2 Å². The largest absolute Gasteiger partial charge is 0.369 e. The Morgan fingerprint density at radius 2 is 1.71 bits per heavy atom. The lowest BCUT2D eigenvalue weighted by molar-refractivity contribution is 0.151. The van der Waals surface area contributed by atoms with Gasteiger partial charge in [0.1, 0.15) is 0 Å². The molecule has 1 heterocycles. The van der Waals surface area contributed by atoms with Crippen LogP contribution < -0.4 is 10.6 Å². The molecule has 1 atom stereocenters. The molecule has 0 radical (unpaired) electrons. The van der Waals surface area contributed by atoms with E-state index in [0.717, 1.165) is 11.3 Å². The predicted molar refractivity (Wildman–Crippen MR) is 79.6 cm³/mol. The highest BCUT2D eigenvalue weighted by atomic mass is 19.3. The average molecular weight is 287 g/mol. The maximum Gasteiger partial charge on any atom is 0.263 e. The summed E-state index contributed by atoms with van der Waals surface area (Å²) >= 11 is 0. The zero-order valence-corrected chi connectivity index (χ0v) is 11.3. The van der Waals surface area contributed by atoms with Crippen molar-refractivity contribution in [2.45, 2.75) is 12.5 Å². The van der Waals surface area contributed by atoms with Crippen molar-refractivity contribution in [3.8, 4) is 0 Å². The first-order valence-electron chi connectivity index (χ1n) is 6.69. The van der Waals surface area contributed by atoms with Gasteiger partial charge in [0, 0.05) is 11.3 Å². The molecule has 0 saturated carbocycles. The van der Waals surface area contributed by atoms with E-state index in [2.05, 4.69) is 4.99 Å². The Kier molecular flexibility index (Phi) is 3.56. The number of nitrogens with two attached hydrogens (primary N) is 1. The second-order valence-corrected chi connectivity index (χ2v) is 4.89. The van der Waals surface area contributed by atoms with Gasteiger partial charge in [0.2, 0.25) is 0 Å². The van der Waals surface area contributed by atoms with Gasteiger partial charge >= 0.3 is 0 Å². The molecule has 1 aliphatic rings. The maximum absolute atomic E-state index is 12.6. The van der Waals surface area contributed by atoms with Crippen molar-refractivity contribution in [1.82, 2.24) is 0 Å². The molecule has 0 bridgehead atoms. The molecule has 2 N–H and O–H groups in total. The van der Waals surface area contributed by atoms with Gasteiger partial charge in [0.05, 0.1) is 12.6 Å². The van der Waals surface area contributed by atoms with E-state index in [4.69, 9.17) is 5.73 Å². The van der Waals surface area contributed by atoms with Gasteiger partial charge in [-0.15, -0.1) is 0 Å². The van der Waals surface area contributed by atoms with E-state index in [1.54, 1.807) is 12.1 Å². The summed E-state index contributed by atoms with van der Waals surface area (Å²) in [5.74, 6) is 0.448. The van der Waals surface area contributed by atoms with Crippen LogP contribution in [-0.2, 0) is 0 Å². The van der Waals surface area contributed by atoms with Crippen molar-refractivity contribution >= 4 is 11.6 Å². The highest BCUT2D eigenvalue weighted by Gasteiger charge is 2.28. The molecule has 0 aromatic heterocycles. The molecular weight excluding hydrogens is 272 g/mol. The summed E-state index contributed by atoms with van der Waals surface area (Å²) in [5, 5.41) is 0. The minimum atomic E-state index is -2.45. The molecule has 108 valence electrons. The van der Waals surface area contributed by atoms with Crippen LogP contribution in [0.2, 0.25) is 0 Å². The van der Waals surface area contributed by atoms with Crippen LogP contribution in [0.15, 0.2) is 59.6 Å². The summed E-state index contributed by atoms with van der Waals surface area (Å²) < 4.78 is 25.3. The normalized spacial score (nSPS) is 18.1. The van der Waals surface area contributed by atoms with E-state index >= 15 is 0 Å². The van der Waals surface area contributed by atoms with E-state index in [-0.39, 0.29) is 11.6 Å². The first kappa shape index (κ1) is 13.5. The highest BCUT2D eigenvalue weighted by molar-refractivity contribution is 5.97. The third kappa shape index (κ3) is 2.59. The van der Waals surface area contributed by atoms with E-state index in [0.29, 0.717) is 12.5 Å². The van der Waals surface area contributed by atoms with Crippen LogP contribution in [0.5, 0.6) is 0 Å². The molecule has 3 rings (SSSR count). The fourth-order valence-corrected chi connectivity index (χ4v) is 2.52. The third-order valence-corrected chi connectivity index (χ3v) is 3.59. The fourth-order valence-electron chi connectivity index (χ4n) is 2.52. The van der Waals surface area contributed by atoms with Crippen LogP contribution in [0.25, 0.3) is 0 Å². The van der Waals surface area contributed by atoms with Gasteiger partial charge in [-0.05, 0) is 17.7 Å². The van der Waals surface area contributed by atoms with Gasteiger partial charge in [-0.2, -0.15) is 0 Å². The lowest BCUT2D eigenvalue weighted by Crippen LogP contribution is -2.36. The molecule has 0 spiro atoms. The molecule has 0 aliphatic carbocycles. The number of para-hydroxylation sites is 1. The molecular formula is C16H15F2N3. The van der Waals surface area contributed by atoms with E-state index in [1.165, 1.54) is 12.1 Å². The quantitative estimate of drug-likeness (QED) is 0.938. The first-order valence-corrected chi connectivity index (χ1v) is 6.69. The van der Waals surface area contributed by atoms with Crippen molar-refractivity contribution in [3.05, 3.63) is 65.7 Å². The predicted octanol–water partition coefficient (Wildman–Crippen LogP) is 3.50. The minimum Gasteiger partial charge on any atom is -0.369 e. The molecule has 2 aromatic rings. The standard InChI is InChI=1S/C16H15F2N3/c17-15(18)12-8-6-11(7-9-12)14-10-20-16(19)21(14)13-4-2-1-3-5-13/h1-9,14-15H,10H2,(H2,19,20). The minimum absolute atomic E-state index is 0.0249. The number of benzene rings is 2. The molecule has 21 heavy (non-hydrogen) atoms. The van der Waals surface area contributed by atoms with Gasteiger partial charge in [-0.25, -0.2) is 8.78 Å².